The lowest BCUT2D eigenvalue weighted by Gasteiger charge is -2.16. The van der Waals surface area contributed by atoms with E-state index < -0.39 is 8.24 Å². The smallest absolute Gasteiger partial charge is 0.154 e. The molecular weight excluding hydrogens is 294 g/mol. The van der Waals surface area contributed by atoms with Gasteiger partial charge in [-0.1, -0.05) is 50.0 Å². The van der Waals surface area contributed by atoms with Crippen LogP contribution in [-0.4, -0.2) is 34.3 Å². The number of nitrogens with zero attached hydrogens (tertiary/aromatic N) is 3. The van der Waals surface area contributed by atoms with Crippen molar-refractivity contribution < 1.29 is 0 Å². The molecule has 1 aliphatic rings. The Kier molecular flexibility index (Phi) is 4.04. The Balaban J connectivity index is 1.72. The molecule has 1 unspecified atom stereocenters. The molecule has 0 saturated heterocycles. The van der Waals surface area contributed by atoms with Crippen molar-refractivity contribution in [1.82, 2.24) is 9.22 Å². The summed E-state index contributed by atoms with van der Waals surface area (Å²) in [6.07, 6.45) is 5.16. The maximum Gasteiger partial charge on any atom is 0.154 e. The van der Waals surface area contributed by atoms with Gasteiger partial charge in [-0.25, -0.2) is 4.98 Å². The summed E-state index contributed by atoms with van der Waals surface area (Å²) in [7, 11) is -1.35. The van der Waals surface area contributed by atoms with Crippen molar-refractivity contribution in [2.24, 2.45) is 4.99 Å². The Bertz CT molecular complexity index is 643. The molecule has 0 saturated carbocycles. The minimum atomic E-state index is -1.35. The molecule has 1 aliphatic heterocycles. The van der Waals surface area contributed by atoms with Crippen LogP contribution in [0.15, 0.2) is 47.8 Å². The molecule has 0 radical (unpaired) electrons. The van der Waals surface area contributed by atoms with Gasteiger partial charge in [-0.2, -0.15) is 0 Å². The van der Waals surface area contributed by atoms with Crippen LogP contribution in [0, 0.1) is 0 Å². The highest BCUT2D eigenvalue weighted by Gasteiger charge is 2.23. The lowest BCUT2D eigenvalue weighted by molar-refractivity contribution is 0.762. The number of hydrogen-bond donors (Lipinski definition) is 0. The zero-order chi connectivity index (χ0) is 14.9. The number of aliphatic imine (C=N–C) groups is 1. The maximum atomic E-state index is 4.87. The van der Waals surface area contributed by atoms with E-state index in [9.17, 15) is 0 Å². The van der Waals surface area contributed by atoms with Gasteiger partial charge in [-0.15, -0.1) is 11.8 Å². The van der Waals surface area contributed by atoms with Gasteiger partial charge in [0.15, 0.2) is 8.24 Å². The Morgan fingerprint density at radius 2 is 2.00 bits per heavy atom. The summed E-state index contributed by atoms with van der Waals surface area (Å²) in [5, 5.41) is 1.10. The topological polar surface area (TPSA) is 30.2 Å². The second kappa shape index (κ2) is 5.81. The average molecular weight is 316 g/mol. The zero-order valence-electron chi connectivity index (χ0n) is 12.8. The normalized spacial score (nSPS) is 18.8. The van der Waals surface area contributed by atoms with Crippen molar-refractivity contribution in [3.05, 3.63) is 54.1 Å². The molecule has 0 fully saturated rings. The van der Waals surface area contributed by atoms with Gasteiger partial charge in [-0.05, 0) is 12.0 Å². The summed E-state index contributed by atoms with van der Waals surface area (Å²) < 4.78 is 2.29. The van der Waals surface area contributed by atoms with E-state index in [0.717, 1.165) is 22.9 Å². The van der Waals surface area contributed by atoms with Crippen molar-refractivity contribution in [3.63, 3.8) is 0 Å². The van der Waals surface area contributed by atoms with Gasteiger partial charge >= 0.3 is 0 Å². The fourth-order valence-electron chi connectivity index (χ4n) is 2.35. The fourth-order valence-corrected chi connectivity index (χ4v) is 4.28. The van der Waals surface area contributed by atoms with Gasteiger partial charge in [0.1, 0.15) is 10.7 Å². The molecule has 5 heteroatoms. The van der Waals surface area contributed by atoms with Crippen LogP contribution in [0.4, 0.5) is 0 Å². The van der Waals surface area contributed by atoms with Crippen LogP contribution in [0.1, 0.15) is 11.3 Å². The predicted molar refractivity (Wildman–Crippen MR) is 93.9 cm³/mol. The van der Waals surface area contributed by atoms with Gasteiger partial charge in [-0.3, -0.25) is 4.99 Å². The SMILES string of the molecule is C[Si](C)(C)n1cnc(C2=NC(Cc3ccccc3)CS2)c1. The first-order chi connectivity index (χ1) is 10.0. The first-order valence-corrected chi connectivity index (χ1v) is 11.7. The molecular formula is C16H21N3SSi. The highest BCUT2D eigenvalue weighted by molar-refractivity contribution is 8.14. The molecule has 1 atom stereocenters. The summed E-state index contributed by atoms with van der Waals surface area (Å²) in [5.74, 6) is 1.06. The maximum absolute atomic E-state index is 4.87. The number of benzene rings is 1. The van der Waals surface area contributed by atoms with Crippen LogP contribution in [0.2, 0.25) is 19.6 Å². The minimum Gasteiger partial charge on any atom is -0.365 e. The third-order valence-corrected chi connectivity index (χ3v) is 6.54. The first kappa shape index (κ1) is 14.6. The van der Waals surface area contributed by atoms with E-state index in [0.29, 0.717) is 6.04 Å². The third-order valence-electron chi connectivity index (χ3n) is 3.60. The molecule has 0 bridgehead atoms. The second-order valence-corrected chi connectivity index (χ2v) is 12.3. The molecule has 21 heavy (non-hydrogen) atoms. The number of rotatable bonds is 4. The van der Waals surface area contributed by atoms with Gasteiger partial charge in [0.25, 0.3) is 0 Å². The summed E-state index contributed by atoms with van der Waals surface area (Å²) in [4.78, 5) is 9.42. The highest BCUT2D eigenvalue weighted by atomic mass is 32.2. The molecule has 1 aromatic carbocycles. The Morgan fingerprint density at radius 1 is 1.24 bits per heavy atom. The fraction of sp³-hybridized carbons (Fsp3) is 0.375. The monoisotopic (exact) mass is 315 g/mol. The van der Waals surface area contributed by atoms with Crippen molar-refractivity contribution >= 4 is 25.0 Å². The van der Waals surface area contributed by atoms with E-state index in [1.54, 1.807) is 0 Å². The molecule has 2 heterocycles. The third kappa shape index (κ3) is 3.47. The van der Waals surface area contributed by atoms with Crippen LogP contribution >= 0.6 is 11.8 Å². The van der Waals surface area contributed by atoms with E-state index in [2.05, 4.69) is 65.4 Å². The molecule has 2 aromatic rings. The van der Waals surface area contributed by atoms with Crippen molar-refractivity contribution in [2.75, 3.05) is 5.75 Å². The lowest BCUT2D eigenvalue weighted by Crippen LogP contribution is -2.30. The summed E-state index contributed by atoms with van der Waals surface area (Å²) >= 11 is 1.84. The number of hydrogen-bond acceptors (Lipinski definition) is 3. The molecule has 0 N–H and O–H groups in total. The van der Waals surface area contributed by atoms with Crippen LogP contribution in [0.25, 0.3) is 0 Å². The van der Waals surface area contributed by atoms with E-state index in [-0.39, 0.29) is 0 Å². The Labute approximate surface area is 131 Å². The standard InChI is InChI=1S/C16H21N3SSi/c1-21(2,3)19-10-15(17-12-19)16-18-14(11-20-16)9-13-7-5-4-6-8-13/h4-8,10,12,14H,9,11H2,1-3H3. The molecule has 3 rings (SSSR count). The van der Waals surface area contributed by atoms with Gasteiger partial charge in [0, 0.05) is 11.9 Å². The number of aromatic nitrogens is 2. The second-order valence-electron chi connectivity index (χ2n) is 6.43. The largest absolute Gasteiger partial charge is 0.365 e. The lowest BCUT2D eigenvalue weighted by atomic mass is 10.1. The minimum absolute atomic E-state index is 0.379. The molecule has 3 nitrogen and oxygen atoms in total. The van der Waals surface area contributed by atoms with E-state index in [1.807, 2.05) is 18.1 Å². The van der Waals surface area contributed by atoms with Crippen molar-refractivity contribution in [1.29, 1.82) is 0 Å². The number of thioether (sulfide) groups is 1. The quantitative estimate of drug-likeness (QED) is 0.806. The first-order valence-electron chi connectivity index (χ1n) is 7.32. The predicted octanol–water partition coefficient (Wildman–Crippen LogP) is 3.67. The molecule has 0 spiro atoms. The summed E-state index contributed by atoms with van der Waals surface area (Å²) in [6.45, 7) is 6.96. The molecule has 110 valence electrons. The van der Waals surface area contributed by atoms with E-state index in [1.165, 1.54) is 5.56 Å². The zero-order valence-corrected chi connectivity index (χ0v) is 14.6. The molecule has 0 aliphatic carbocycles. The van der Waals surface area contributed by atoms with E-state index in [4.69, 9.17) is 4.99 Å². The van der Waals surface area contributed by atoms with Crippen molar-refractivity contribution in [2.45, 2.75) is 32.1 Å². The highest BCUT2D eigenvalue weighted by Crippen LogP contribution is 2.25. The van der Waals surface area contributed by atoms with Gasteiger partial charge < -0.3 is 4.23 Å². The summed E-state index contributed by atoms with van der Waals surface area (Å²) in [5.41, 5.74) is 2.40. The van der Waals surface area contributed by atoms with Crippen LogP contribution in [-0.2, 0) is 6.42 Å². The Hall–Kier alpha value is -1.33. The van der Waals surface area contributed by atoms with Gasteiger partial charge in [0.2, 0.25) is 0 Å². The summed E-state index contributed by atoms with van der Waals surface area (Å²) in [6, 6.07) is 11.0. The molecule has 1 aromatic heterocycles. The average Bonchev–Trinajstić information content (AvgIpc) is 3.07. The van der Waals surface area contributed by atoms with Crippen LogP contribution in [0.3, 0.4) is 0 Å². The van der Waals surface area contributed by atoms with Crippen LogP contribution < -0.4 is 0 Å². The molecule has 0 amide bonds. The van der Waals surface area contributed by atoms with Crippen molar-refractivity contribution in [3.8, 4) is 0 Å². The van der Waals surface area contributed by atoms with Gasteiger partial charge in [0.05, 0.1) is 12.4 Å². The number of imidazole rings is 1. The Morgan fingerprint density at radius 3 is 2.67 bits per heavy atom. The van der Waals surface area contributed by atoms with E-state index >= 15 is 0 Å². The van der Waals surface area contributed by atoms with Crippen LogP contribution in [0.5, 0.6) is 0 Å².